The summed E-state index contributed by atoms with van der Waals surface area (Å²) in [4.78, 5) is 8.11. The highest BCUT2D eigenvalue weighted by molar-refractivity contribution is 9.10. The summed E-state index contributed by atoms with van der Waals surface area (Å²) in [6, 6.07) is 0.999. The molecule has 2 heterocycles. The number of hydrazine groups is 1. The molecule has 2 atom stereocenters. The number of rotatable bonds is 2. The van der Waals surface area contributed by atoms with E-state index in [-0.39, 0.29) is 5.28 Å². The summed E-state index contributed by atoms with van der Waals surface area (Å²) in [5, 5.41) is 2.50. The van der Waals surface area contributed by atoms with Crippen molar-refractivity contribution < 1.29 is 0 Å². The molecule has 1 aromatic heterocycles. The summed E-state index contributed by atoms with van der Waals surface area (Å²) in [6.45, 7) is 4.44. The topological polar surface area (TPSA) is 41.0 Å². The van der Waals surface area contributed by atoms with Gasteiger partial charge in [-0.15, -0.1) is 0 Å². The van der Waals surface area contributed by atoms with Crippen LogP contribution in [0.5, 0.6) is 0 Å². The van der Waals surface area contributed by atoms with Crippen LogP contribution in [-0.4, -0.2) is 27.1 Å². The lowest BCUT2D eigenvalue weighted by molar-refractivity contribution is 0.135. The molecule has 2 rings (SSSR count). The SMILES string of the molecule is CC1CCCC(C)N1Nc1nc(Cl)ncc1Br. The fourth-order valence-corrected chi connectivity index (χ4v) is 2.60. The molecule has 0 amide bonds. The summed E-state index contributed by atoms with van der Waals surface area (Å²) < 4.78 is 0.826. The molecule has 17 heavy (non-hydrogen) atoms. The Morgan fingerprint density at radius 2 is 2.06 bits per heavy atom. The van der Waals surface area contributed by atoms with Crippen molar-refractivity contribution in [2.24, 2.45) is 0 Å². The Bertz CT molecular complexity index is 391. The molecular formula is C11H16BrClN4. The van der Waals surface area contributed by atoms with E-state index >= 15 is 0 Å². The van der Waals surface area contributed by atoms with Crippen LogP contribution in [0.25, 0.3) is 0 Å². The van der Waals surface area contributed by atoms with Crippen molar-refractivity contribution in [2.75, 3.05) is 5.43 Å². The molecule has 0 spiro atoms. The van der Waals surface area contributed by atoms with Gasteiger partial charge in [0.05, 0.1) is 4.47 Å². The molecule has 1 aliphatic heterocycles. The molecule has 1 N–H and O–H groups in total. The maximum absolute atomic E-state index is 5.81. The Kier molecular flexibility index (Phi) is 4.22. The van der Waals surface area contributed by atoms with Crippen molar-refractivity contribution in [2.45, 2.75) is 45.2 Å². The zero-order chi connectivity index (χ0) is 12.4. The van der Waals surface area contributed by atoms with E-state index < -0.39 is 0 Å². The molecule has 0 radical (unpaired) electrons. The van der Waals surface area contributed by atoms with Gasteiger partial charge in [-0.3, -0.25) is 0 Å². The summed E-state index contributed by atoms with van der Waals surface area (Å²) >= 11 is 9.23. The fourth-order valence-electron chi connectivity index (χ4n) is 2.19. The summed E-state index contributed by atoms with van der Waals surface area (Å²) in [7, 11) is 0. The van der Waals surface area contributed by atoms with Crippen LogP contribution in [0, 0.1) is 0 Å². The second-order valence-corrected chi connectivity index (χ2v) is 5.68. The summed E-state index contributed by atoms with van der Waals surface area (Å²) in [5.74, 6) is 0.727. The van der Waals surface area contributed by atoms with Gasteiger partial charge in [-0.2, -0.15) is 4.98 Å². The van der Waals surface area contributed by atoms with E-state index in [1.807, 2.05) is 0 Å². The molecule has 2 unspecified atom stereocenters. The van der Waals surface area contributed by atoms with Crippen molar-refractivity contribution >= 4 is 33.3 Å². The van der Waals surface area contributed by atoms with Gasteiger partial charge in [0.1, 0.15) is 0 Å². The normalized spacial score (nSPS) is 25.9. The zero-order valence-corrected chi connectivity index (χ0v) is 12.3. The third kappa shape index (κ3) is 3.09. The van der Waals surface area contributed by atoms with Crippen LogP contribution in [0.1, 0.15) is 33.1 Å². The number of nitrogens with zero attached hydrogens (tertiary/aromatic N) is 3. The lowest BCUT2D eigenvalue weighted by Gasteiger charge is -2.39. The van der Waals surface area contributed by atoms with Crippen LogP contribution >= 0.6 is 27.5 Å². The number of aromatic nitrogens is 2. The molecule has 4 nitrogen and oxygen atoms in total. The fraction of sp³-hybridized carbons (Fsp3) is 0.636. The minimum atomic E-state index is 0.257. The maximum Gasteiger partial charge on any atom is 0.224 e. The second-order valence-electron chi connectivity index (χ2n) is 4.48. The molecule has 6 heteroatoms. The highest BCUT2D eigenvalue weighted by Gasteiger charge is 2.25. The number of anilines is 1. The zero-order valence-electron chi connectivity index (χ0n) is 9.95. The second kappa shape index (κ2) is 5.50. The smallest absolute Gasteiger partial charge is 0.224 e. The standard InChI is InChI=1S/C11H16BrClN4/c1-7-4-3-5-8(2)17(7)16-10-9(12)6-14-11(13)15-10/h6-8H,3-5H2,1-2H3,(H,14,15,16). The molecule has 94 valence electrons. The van der Waals surface area contributed by atoms with Crippen LogP contribution in [0.2, 0.25) is 5.28 Å². The first-order chi connectivity index (χ1) is 8.08. The van der Waals surface area contributed by atoms with Crippen molar-refractivity contribution in [1.82, 2.24) is 15.0 Å². The van der Waals surface area contributed by atoms with Gasteiger partial charge in [0.2, 0.25) is 5.28 Å². The van der Waals surface area contributed by atoms with E-state index in [0.29, 0.717) is 12.1 Å². The number of nitrogens with one attached hydrogen (secondary N) is 1. The monoisotopic (exact) mass is 318 g/mol. The van der Waals surface area contributed by atoms with Gasteiger partial charge in [-0.1, -0.05) is 6.42 Å². The molecule has 0 aromatic carbocycles. The van der Waals surface area contributed by atoms with E-state index in [1.54, 1.807) is 6.20 Å². The van der Waals surface area contributed by atoms with E-state index in [0.717, 1.165) is 10.3 Å². The Hall–Kier alpha value is -0.390. The predicted octanol–water partition coefficient (Wildman–Crippen LogP) is 3.48. The molecular weight excluding hydrogens is 304 g/mol. The Labute approximate surface area is 115 Å². The van der Waals surface area contributed by atoms with Crippen LogP contribution in [0.15, 0.2) is 10.7 Å². The van der Waals surface area contributed by atoms with Crippen molar-refractivity contribution in [3.8, 4) is 0 Å². The summed E-state index contributed by atoms with van der Waals surface area (Å²) in [5.41, 5.74) is 3.34. The number of halogens is 2. The molecule has 0 aliphatic carbocycles. The van der Waals surface area contributed by atoms with Gasteiger partial charge in [-0.25, -0.2) is 9.99 Å². The van der Waals surface area contributed by atoms with E-state index in [9.17, 15) is 0 Å². The quantitative estimate of drug-likeness (QED) is 0.847. The van der Waals surface area contributed by atoms with E-state index in [2.05, 4.69) is 50.2 Å². The Morgan fingerprint density at radius 3 is 2.71 bits per heavy atom. The lowest BCUT2D eigenvalue weighted by atomic mass is 10.00. The highest BCUT2D eigenvalue weighted by Crippen LogP contribution is 2.26. The maximum atomic E-state index is 5.81. The van der Waals surface area contributed by atoms with Crippen LogP contribution in [0.3, 0.4) is 0 Å². The third-order valence-corrected chi connectivity index (χ3v) is 3.91. The van der Waals surface area contributed by atoms with Gasteiger partial charge < -0.3 is 5.43 Å². The van der Waals surface area contributed by atoms with Gasteiger partial charge in [0.25, 0.3) is 0 Å². The average molecular weight is 320 g/mol. The van der Waals surface area contributed by atoms with Crippen molar-refractivity contribution in [1.29, 1.82) is 0 Å². The Morgan fingerprint density at radius 1 is 1.41 bits per heavy atom. The largest absolute Gasteiger partial charge is 0.302 e. The van der Waals surface area contributed by atoms with E-state index in [4.69, 9.17) is 11.6 Å². The molecule has 1 fully saturated rings. The van der Waals surface area contributed by atoms with Gasteiger partial charge in [-0.05, 0) is 54.2 Å². The van der Waals surface area contributed by atoms with Crippen molar-refractivity contribution in [3.05, 3.63) is 16.0 Å². The number of hydrogen-bond acceptors (Lipinski definition) is 4. The molecule has 1 saturated heterocycles. The van der Waals surface area contributed by atoms with Crippen LogP contribution in [-0.2, 0) is 0 Å². The predicted molar refractivity (Wildman–Crippen MR) is 73.0 cm³/mol. The van der Waals surface area contributed by atoms with Crippen LogP contribution < -0.4 is 5.43 Å². The van der Waals surface area contributed by atoms with Gasteiger partial charge >= 0.3 is 0 Å². The minimum Gasteiger partial charge on any atom is -0.302 e. The van der Waals surface area contributed by atoms with Gasteiger partial charge in [0.15, 0.2) is 5.82 Å². The van der Waals surface area contributed by atoms with E-state index in [1.165, 1.54) is 19.3 Å². The molecule has 0 bridgehead atoms. The number of hydrogen-bond donors (Lipinski definition) is 1. The van der Waals surface area contributed by atoms with Gasteiger partial charge in [0, 0.05) is 18.3 Å². The lowest BCUT2D eigenvalue weighted by Crippen LogP contribution is -2.47. The third-order valence-electron chi connectivity index (χ3n) is 3.14. The van der Waals surface area contributed by atoms with Crippen LogP contribution in [0.4, 0.5) is 5.82 Å². The molecule has 0 saturated carbocycles. The molecule has 1 aliphatic rings. The summed E-state index contributed by atoms with van der Waals surface area (Å²) in [6.07, 6.45) is 5.35. The first-order valence-electron chi connectivity index (χ1n) is 5.81. The first kappa shape index (κ1) is 13.1. The average Bonchev–Trinajstić information content (AvgIpc) is 2.28. The van der Waals surface area contributed by atoms with Crippen molar-refractivity contribution in [3.63, 3.8) is 0 Å². The first-order valence-corrected chi connectivity index (χ1v) is 6.98. The highest BCUT2D eigenvalue weighted by atomic mass is 79.9. The minimum absolute atomic E-state index is 0.257. The number of piperidine rings is 1. The Balaban J connectivity index is 2.16. The molecule has 1 aromatic rings.